The van der Waals surface area contributed by atoms with Crippen LogP contribution in [0.25, 0.3) is 0 Å². The average Bonchev–Trinajstić information content (AvgIpc) is 1.89. The summed E-state index contributed by atoms with van der Waals surface area (Å²) in [5.74, 6) is -2.38. The summed E-state index contributed by atoms with van der Waals surface area (Å²) < 4.78 is 0. The van der Waals surface area contributed by atoms with Crippen molar-refractivity contribution in [2.75, 3.05) is 13.2 Å². The van der Waals surface area contributed by atoms with Gasteiger partial charge in [0.25, 0.3) is 0 Å². The van der Waals surface area contributed by atoms with Gasteiger partial charge in [0.15, 0.2) is 0 Å². The molecular weight excluding hydrogens is 160 g/mol. The molecule has 0 atom stereocenters. The predicted molar refractivity (Wildman–Crippen MR) is 33.1 cm³/mol. The lowest BCUT2D eigenvalue weighted by molar-refractivity contribution is -0.141. The van der Waals surface area contributed by atoms with E-state index in [0.29, 0.717) is 0 Å². The maximum Gasteiger partial charge on any atom is 0.329 e. The number of aliphatic hydroxyl groups excluding tert-OH is 2. The highest BCUT2D eigenvalue weighted by atomic mass is 16.4. The first-order chi connectivity index (χ1) is 4.54. The Hall–Kier alpha value is -1.18. The highest BCUT2D eigenvalue weighted by Gasteiger charge is 1.83. The van der Waals surface area contributed by atoms with E-state index in [1.54, 1.807) is 0 Å². The van der Waals surface area contributed by atoms with E-state index in [9.17, 15) is 0 Å². The van der Waals surface area contributed by atoms with Gasteiger partial charge < -0.3 is 25.9 Å². The van der Waals surface area contributed by atoms with Crippen molar-refractivity contribution in [1.82, 2.24) is 0 Å². The molecule has 0 unspecified atom stereocenters. The minimum atomic E-state index is -1.19. The van der Waals surface area contributed by atoms with Gasteiger partial charge in [-0.1, -0.05) is 0 Å². The summed E-state index contributed by atoms with van der Waals surface area (Å²) in [5.41, 5.74) is 0. The fourth-order valence-electron chi connectivity index (χ4n) is 0. The fraction of sp³-hybridized carbons (Fsp3) is 0.500. The van der Waals surface area contributed by atoms with Gasteiger partial charge in [0.2, 0.25) is 0 Å². The molecule has 0 heterocycles. The molecule has 0 bridgehead atoms. The third kappa shape index (κ3) is 51.6. The molecule has 0 saturated carbocycles. The zero-order chi connectivity index (χ0) is 8.57. The van der Waals surface area contributed by atoms with Crippen LogP contribution >= 0.6 is 0 Å². The van der Waals surface area contributed by atoms with E-state index < -0.39 is 25.2 Å². The second-order valence-electron chi connectivity index (χ2n) is 1.10. The number of aliphatic hydroxyl groups is 2. The molecule has 68 valence electrons. The van der Waals surface area contributed by atoms with Crippen LogP contribution in [0.1, 0.15) is 0 Å². The van der Waals surface area contributed by atoms with Crippen LogP contribution in [0.5, 0.6) is 0 Å². The van der Waals surface area contributed by atoms with E-state index in [2.05, 4.69) is 0 Å². The van der Waals surface area contributed by atoms with Gasteiger partial charge in [-0.2, -0.15) is 0 Å². The summed E-state index contributed by atoms with van der Waals surface area (Å²) in [5, 5.41) is 30.0. The van der Waals surface area contributed by atoms with Crippen molar-refractivity contribution in [3.05, 3.63) is 0 Å². The van der Waals surface area contributed by atoms with Crippen molar-refractivity contribution < 1.29 is 35.5 Å². The maximum atomic E-state index is 9.12. The van der Waals surface area contributed by atoms with Gasteiger partial charge in [0.1, 0.15) is 13.2 Å². The van der Waals surface area contributed by atoms with E-state index in [1.165, 1.54) is 0 Å². The van der Waals surface area contributed by atoms with Crippen LogP contribution in [-0.2, 0) is 9.59 Å². The Kier molecular flexibility index (Phi) is 17.3. The smallest absolute Gasteiger partial charge is 0.329 e. The van der Waals surface area contributed by atoms with Gasteiger partial charge >= 0.3 is 11.9 Å². The van der Waals surface area contributed by atoms with Gasteiger partial charge in [-0.05, 0) is 0 Å². The number of carboxylic acid groups (broad SMARTS) is 2. The molecule has 7 heteroatoms. The Morgan fingerprint density at radius 2 is 1.00 bits per heavy atom. The number of carbonyl (C=O) groups is 2. The molecule has 0 aromatic carbocycles. The van der Waals surface area contributed by atoms with Gasteiger partial charge in [-0.3, -0.25) is 0 Å². The topological polar surface area (TPSA) is 147 Å². The molecular formula is C4H10O7. The van der Waals surface area contributed by atoms with Crippen LogP contribution in [-0.4, -0.2) is 51.1 Å². The molecule has 0 amide bonds. The Balaban J connectivity index is -0.000000107. The number of carboxylic acids is 2. The molecule has 0 saturated heterocycles. The van der Waals surface area contributed by atoms with Crippen LogP contribution in [0, 0.1) is 0 Å². The summed E-state index contributed by atoms with van der Waals surface area (Å²) in [4.78, 5) is 18.2. The van der Waals surface area contributed by atoms with Crippen molar-refractivity contribution >= 4 is 11.9 Å². The Morgan fingerprint density at radius 1 is 0.909 bits per heavy atom. The van der Waals surface area contributed by atoms with Crippen molar-refractivity contribution in [2.45, 2.75) is 0 Å². The predicted octanol–water partition coefficient (Wildman–Crippen LogP) is -2.70. The van der Waals surface area contributed by atoms with Crippen LogP contribution < -0.4 is 0 Å². The molecule has 0 aliphatic rings. The van der Waals surface area contributed by atoms with Gasteiger partial charge in [-0.25, -0.2) is 9.59 Å². The Labute approximate surface area is 61.8 Å². The molecule has 6 N–H and O–H groups in total. The number of aliphatic carboxylic acids is 2. The molecule has 0 aromatic rings. The molecule has 7 nitrogen and oxygen atoms in total. The summed E-state index contributed by atoms with van der Waals surface area (Å²) in [6, 6.07) is 0. The zero-order valence-corrected chi connectivity index (χ0v) is 5.52. The normalized spacial score (nSPS) is 6.73. The van der Waals surface area contributed by atoms with Crippen LogP contribution in [0.3, 0.4) is 0 Å². The quantitative estimate of drug-likeness (QED) is 0.354. The summed E-state index contributed by atoms with van der Waals surface area (Å²) in [6.07, 6.45) is 0. The van der Waals surface area contributed by atoms with E-state index in [0.717, 1.165) is 0 Å². The van der Waals surface area contributed by atoms with Crippen LogP contribution in [0.15, 0.2) is 0 Å². The largest absolute Gasteiger partial charge is 0.480 e. The van der Waals surface area contributed by atoms with Gasteiger partial charge in [0.05, 0.1) is 0 Å². The molecule has 0 aromatic heterocycles. The second kappa shape index (κ2) is 11.6. The highest BCUT2D eigenvalue weighted by Crippen LogP contribution is 1.49. The SMILES string of the molecule is O.O=C(O)CO.O=C(O)CO. The summed E-state index contributed by atoms with van der Waals surface area (Å²) in [7, 11) is 0. The number of hydrogen-bond acceptors (Lipinski definition) is 4. The lowest BCUT2D eigenvalue weighted by Crippen LogP contribution is -1.98. The van der Waals surface area contributed by atoms with Gasteiger partial charge in [0, 0.05) is 0 Å². The second-order valence-corrected chi connectivity index (χ2v) is 1.10. The first-order valence-electron chi connectivity index (χ1n) is 2.20. The molecule has 11 heavy (non-hydrogen) atoms. The molecule has 0 spiro atoms. The average molecular weight is 170 g/mol. The first kappa shape index (κ1) is 16.4. The Bertz CT molecular complexity index is 95.0. The third-order valence-electron chi connectivity index (χ3n) is 0.271. The number of hydrogen-bond donors (Lipinski definition) is 4. The monoisotopic (exact) mass is 170 g/mol. The molecule has 0 radical (unpaired) electrons. The van der Waals surface area contributed by atoms with Crippen molar-refractivity contribution in [3.8, 4) is 0 Å². The lowest BCUT2D eigenvalue weighted by atomic mass is 10.8. The van der Waals surface area contributed by atoms with Crippen molar-refractivity contribution in [2.24, 2.45) is 0 Å². The Morgan fingerprint density at radius 3 is 1.00 bits per heavy atom. The lowest BCUT2D eigenvalue weighted by Gasteiger charge is -1.72. The minimum Gasteiger partial charge on any atom is -0.480 e. The maximum absolute atomic E-state index is 9.12. The van der Waals surface area contributed by atoms with Crippen LogP contribution in [0.2, 0.25) is 0 Å². The summed E-state index contributed by atoms with van der Waals surface area (Å²) in [6.45, 7) is -1.56. The van der Waals surface area contributed by atoms with Crippen molar-refractivity contribution in [1.29, 1.82) is 0 Å². The molecule has 0 aliphatic carbocycles. The first-order valence-corrected chi connectivity index (χ1v) is 2.20. The van der Waals surface area contributed by atoms with Gasteiger partial charge in [-0.15, -0.1) is 0 Å². The third-order valence-corrected chi connectivity index (χ3v) is 0.271. The van der Waals surface area contributed by atoms with Crippen LogP contribution in [0.4, 0.5) is 0 Å². The fourth-order valence-corrected chi connectivity index (χ4v) is 0. The van der Waals surface area contributed by atoms with E-state index in [1.807, 2.05) is 0 Å². The summed E-state index contributed by atoms with van der Waals surface area (Å²) >= 11 is 0. The molecule has 0 fully saturated rings. The zero-order valence-electron chi connectivity index (χ0n) is 5.52. The highest BCUT2D eigenvalue weighted by molar-refractivity contribution is 5.67. The molecule has 0 rings (SSSR count). The van der Waals surface area contributed by atoms with Crippen molar-refractivity contribution in [3.63, 3.8) is 0 Å². The number of rotatable bonds is 2. The van der Waals surface area contributed by atoms with E-state index in [4.69, 9.17) is 30.0 Å². The minimum absolute atomic E-state index is 0. The van der Waals surface area contributed by atoms with E-state index >= 15 is 0 Å². The van der Waals surface area contributed by atoms with E-state index in [-0.39, 0.29) is 5.48 Å². The standard InChI is InChI=1S/2C2H4O3.H2O/c2*3-1-2(4)5;/h2*3H,1H2,(H,4,5);1H2. The molecule has 0 aliphatic heterocycles.